The zero-order chi connectivity index (χ0) is 21.2. The molecule has 0 aliphatic heterocycles. The van der Waals surface area contributed by atoms with Crippen LogP contribution in [0.5, 0.6) is 0 Å². The highest BCUT2D eigenvalue weighted by molar-refractivity contribution is 5.89. The number of benzene rings is 3. The average molecular weight is 412 g/mol. The first-order valence-corrected chi connectivity index (χ1v) is 10.2. The maximum absolute atomic E-state index is 13.5. The lowest BCUT2D eigenvalue weighted by atomic mass is 9.98. The Morgan fingerprint density at radius 3 is 2.48 bits per heavy atom. The Hall–Kier alpha value is -3.86. The molecule has 0 saturated heterocycles. The van der Waals surface area contributed by atoms with Crippen molar-refractivity contribution in [1.82, 2.24) is 10.3 Å². The second-order valence-corrected chi connectivity index (χ2v) is 7.54. The van der Waals surface area contributed by atoms with Gasteiger partial charge in [0.25, 0.3) is 0 Å². The molecule has 5 heteroatoms. The van der Waals surface area contributed by atoms with Crippen LogP contribution in [0.2, 0.25) is 0 Å². The van der Waals surface area contributed by atoms with Gasteiger partial charge in [-0.25, -0.2) is 9.18 Å². The van der Waals surface area contributed by atoms with Gasteiger partial charge < -0.3 is 15.0 Å². The van der Waals surface area contributed by atoms with E-state index in [0.29, 0.717) is 6.54 Å². The molecule has 1 aromatic heterocycles. The van der Waals surface area contributed by atoms with Crippen molar-refractivity contribution in [3.8, 4) is 11.1 Å². The number of nitrogens with one attached hydrogen (secondary N) is 2. The molecule has 4 nitrogen and oxygen atoms in total. The number of aromatic nitrogens is 1. The molecule has 1 amide bonds. The summed E-state index contributed by atoms with van der Waals surface area (Å²) in [5.41, 5.74) is 6.50. The molecule has 0 bridgehead atoms. The number of aromatic amines is 1. The average Bonchev–Trinajstić information content (AvgIpc) is 3.34. The molecule has 5 rings (SSSR count). The zero-order valence-electron chi connectivity index (χ0n) is 16.8. The zero-order valence-corrected chi connectivity index (χ0v) is 16.8. The van der Waals surface area contributed by atoms with Gasteiger partial charge in [0, 0.05) is 29.6 Å². The third-order valence-electron chi connectivity index (χ3n) is 5.68. The first kappa shape index (κ1) is 19.1. The van der Waals surface area contributed by atoms with Crippen LogP contribution in [0.4, 0.5) is 9.18 Å². The molecular formula is C26H21FN2O2. The minimum absolute atomic E-state index is 0.0369. The van der Waals surface area contributed by atoms with E-state index in [4.69, 9.17) is 4.74 Å². The molecule has 3 aromatic carbocycles. The first-order chi connectivity index (χ1) is 15.2. The van der Waals surface area contributed by atoms with Gasteiger partial charge in [-0.15, -0.1) is 0 Å². The normalized spacial score (nSPS) is 12.8. The van der Waals surface area contributed by atoms with Crippen molar-refractivity contribution in [2.45, 2.75) is 5.92 Å². The Morgan fingerprint density at radius 1 is 1.03 bits per heavy atom. The van der Waals surface area contributed by atoms with E-state index < -0.39 is 6.09 Å². The summed E-state index contributed by atoms with van der Waals surface area (Å²) < 4.78 is 19.0. The number of carbonyl (C=O) groups excluding carboxylic acids is 1. The second-order valence-electron chi connectivity index (χ2n) is 7.54. The van der Waals surface area contributed by atoms with E-state index in [1.54, 1.807) is 6.07 Å². The van der Waals surface area contributed by atoms with Crippen molar-refractivity contribution in [2.24, 2.45) is 0 Å². The summed E-state index contributed by atoms with van der Waals surface area (Å²) in [6.45, 7) is 0.601. The van der Waals surface area contributed by atoms with Gasteiger partial charge in [0.2, 0.25) is 0 Å². The fourth-order valence-electron chi connectivity index (χ4n) is 4.23. The van der Waals surface area contributed by atoms with Gasteiger partial charge in [0.1, 0.15) is 12.4 Å². The predicted molar refractivity (Wildman–Crippen MR) is 120 cm³/mol. The van der Waals surface area contributed by atoms with Crippen molar-refractivity contribution < 1.29 is 13.9 Å². The molecule has 154 valence electrons. The third kappa shape index (κ3) is 3.70. The topological polar surface area (TPSA) is 54.1 Å². The van der Waals surface area contributed by atoms with Gasteiger partial charge in [0.15, 0.2) is 0 Å². The predicted octanol–water partition coefficient (Wildman–Crippen LogP) is 5.86. The molecule has 1 aliphatic rings. The van der Waals surface area contributed by atoms with Crippen LogP contribution in [0.25, 0.3) is 28.1 Å². The quantitative estimate of drug-likeness (QED) is 0.431. The second kappa shape index (κ2) is 8.11. The number of ether oxygens (including phenoxy) is 1. The molecule has 1 aliphatic carbocycles. The molecule has 2 N–H and O–H groups in total. The Balaban J connectivity index is 1.19. The van der Waals surface area contributed by atoms with Crippen molar-refractivity contribution in [3.63, 3.8) is 0 Å². The van der Waals surface area contributed by atoms with Crippen LogP contribution in [-0.2, 0) is 4.74 Å². The van der Waals surface area contributed by atoms with Crippen molar-refractivity contribution in [2.75, 3.05) is 13.2 Å². The summed E-state index contributed by atoms with van der Waals surface area (Å²) in [4.78, 5) is 15.3. The fourth-order valence-corrected chi connectivity index (χ4v) is 4.23. The molecule has 1 heterocycles. The number of hydrogen-bond donors (Lipinski definition) is 2. The standard InChI is InChI=1S/C26H21FN2O2/c27-18-11-12-25-23(14-18)17(15-29-25)6-5-13-28-26(30)31-16-24-21-9-3-1-7-19(21)20-8-2-4-10-22(20)24/h1-12,14-15,24,29H,13,16H2,(H,28,30). The molecule has 31 heavy (non-hydrogen) atoms. The highest BCUT2D eigenvalue weighted by atomic mass is 19.1. The summed E-state index contributed by atoms with van der Waals surface area (Å²) >= 11 is 0. The Bertz CT molecular complexity index is 1250. The Labute approximate surface area is 179 Å². The number of hydrogen-bond acceptors (Lipinski definition) is 2. The number of H-pyrrole nitrogens is 1. The first-order valence-electron chi connectivity index (χ1n) is 10.2. The monoisotopic (exact) mass is 412 g/mol. The number of carbonyl (C=O) groups is 1. The lowest BCUT2D eigenvalue weighted by Crippen LogP contribution is -2.26. The number of rotatable bonds is 5. The van der Waals surface area contributed by atoms with E-state index in [2.05, 4.69) is 34.6 Å². The number of fused-ring (bicyclic) bond motifs is 4. The molecule has 4 aromatic rings. The van der Waals surface area contributed by atoms with Crippen LogP contribution >= 0.6 is 0 Å². The van der Waals surface area contributed by atoms with Crippen molar-refractivity contribution in [3.05, 3.63) is 102 Å². The van der Waals surface area contributed by atoms with Crippen LogP contribution in [0.15, 0.2) is 79.0 Å². The largest absolute Gasteiger partial charge is 0.449 e. The number of amides is 1. The number of alkyl carbamates (subject to hydrolysis) is 1. The van der Waals surface area contributed by atoms with Crippen LogP contribution in [-0.4, -0.2) is 24.2 Å². The minimum atomic E-state index is -0.462. The van der Waals surface area contributed by atoms with Gasteiger partial charge >= 0.3 is 6.09 Å². The van der Waals surface area contributed by atoms with E-state index in [0.717, 1.165) is 16.5 Å². The summed E-state index contributed by atoms with van der Waals surface area (Å²) in [5.74, 6) is -0.242. The van der Waals surface area contributed by atoms with E-state index in [1.165, 1.54) is 34.4 Å². The number of halogens is 1. The van der Waals surface area contributed by atoms with Crippen molar-refractivity contribution >= 4 is 23.1 Å². The van der Waals surface area contributed by atoms with Crippen LogP contribution < -0.4 is 5.32 Å². The van der Waals surface area contributed by atoms with Crippen LogP contribution in [0.1, 0.15) is 22.6 Å². The van der Waals surface area contributed by atoms with E-state index in [9.17, 15) is 9.18 Å². The molecule has 0 saturated carbocycles. The highest BCUT2D eigenvalue weighted by Crippen LogP contribution is 2.44. The third-order valence-corrected chi connectivity index (χ3v) is 5.68. The summed E-state index contributed by atoms with van der Waals surface area (Å²) in [6, 6.07) is 21.1. The van der Waals surface area contributed by atoms with Crippen LogP contribution in [0, 0.1) is 5.82 Å². The smallest absolute Gasteiger partial charge is 0.407 e. The lowest BCUT2D eigenvalue weighted by molar-refractivity contribution is 0.144. The maximum Gasteiger partial charge on any atom is 0.407 e. The minimum Gasteiger partial charge on any atom is -0.449 e. The molecule has 0 atom stereocenters. The molecular weight excluding hydrogens is 391 g/mol. The Morgan fingerprint density at radius 2 is 1.74 bits per heavy atom. The SMILES string of the molecule is O=C(NCC=Cc1c[nH]c2ccc(F)cc12)OCC1c2ccccc2-c2ccccc21. The van der Waals surface area contributed by atoms with E-state index >= 15 is 0 Å². The fraction of sp³-hybridized carbons (Fsp3) is 0.115. The summed E-state index contributed by atoms with van der Waals surface area (Å²) in [5, 5.41) is 3.55. The highest BCUT2D eigenvalue weighted by Gasteiger charge is 2.28. The molecule has 0 spiro atoms. The van der Waals surface area contributed by atoms with Crippen LogP contribution in [0.3, 0.4) is 0 Å². The molecule has 0 unspecified atom stereocenters. The molecule has 0 fully saturated rings. The molecule has 0 radical (unpaired) electrons. The van der Waals surface area contributed by atoms with Gasteiger partial charge in [0.05, 0.1) is 0 Å². The van der Waals surface area contributed by atoms with E-state index in [-0.39, 0.29) is 18.3 Å². The van der Waals surface area contributed by atoms with E-state index in [1.807, 2.05) is 42.6 Å². The van der Waals surface area contributed by atoms with Gasteiger partial charge in [-0.3, -0.25) is 0 Å². The van der Waals surface area contributed by atoms with Crippen molar-refractivity contribution in [1.29, 1.82) is 0 Å². The van der Waals surface area contributed by atoms with Gasteiger partial charge in [-0.2, -0.15) is 0 Å². The Kier molecular flexibility index (Phi) is 5.00. The van der Waals surface area contributed by atoms with Gasteiger partial charge in [-0.05, 0) is 46.0 Å². The maximum atomic E-state index is 13.5. The summed E-state index contributed by atoms with van der Waals surface area (Å²) in [6.07, 6.45) is 5.02. The summed E-state index contributed by atoms with van der Waals surface area (Å²) in [7, 11) is 0. The lowest BCUT2D eigenvalue weighted by Gasteiger charge is -2.14. The van der Waals surface area contributed by atoms with Gasteiger partial charge in [-0.1, -0.05) is 60.7 Å².